The van der Waals surface area contributed by atoms with Gasteiger partial charge >= 0.3 is 18.2 Å². The molecule has 5 rings (SSSR count). The number of aliphatic hydroxyl groups is 1. The van der Waals surface area contributed by atoms with Crippen molar-refractivity contribution >= 4 is 35.5 Å². The van der Waals surface area contributed by atoms with Crippen molar-refractivity contribution < 1.29 is 57.4 Å². The highest BCUT2D eigenvalue weighted by atomic mass is 35.5. The third-order valence-electron chi connectivity index (χ3n) is 13.8. The second-order valence-electron chi connectivity index (χ2n) is 18.0. The molecule has 2 amide bonds. The minimum atomic E-state index is -1.44. The number of ether oxygens (including phenoxy) is 7. The van der Waals surface area contributed by atoms with Crippen LogP contribution in [0.3, 0.4) is 0 Å². The third-order valence-corrected chi connectivity index (χ3v) is 14.1. The van der Waals surface area contributed by atoms with Gasteiger partial charge in [0.1, 0.15) is 24.1 Å². The predicted octanol–water partition coefficient (Wildman–Crippen LogP) is 5.74. The minimum absolute atomic E-state index is 0.127. The van der Waals surface area contributed by atoms with Gasteiger partial charge in [-0.1, -0.05) is 58.4 Å². The number of cyclic esters (lactones) is 1. The molecule has 1 aromatic rings. The van der Waals surface area contributed by atoms with E-state index < -0.39 is 89.8 Å². The number of aliphatic hydroxyl groups excluding tert-OH is 1. The first-order chi connectivity index (χ1) is 28.8. The maximum Gasteiger partial charge on any atom is 0.410 e. The van der Waals surface area contributed by atoms with Gasteiger partial charge in [0.15, 0.2) is 11.9 Å². The number of benzene rings is 1. The van der Waals surface area contributed by atoms with Crippen LogP contribution >= 0.6 is 11.6 Å². The molecular weight excluding hydrogens is 810 g/mol. The first-order valence-corrected chi connectivity index (χ1v) is 22.4. The van der Waals surface area contributed by atoms with E-state index in [1.54, 1.807) is 37.8 Å². The van der Waals surface area contributed by atoms with Gasteiger partial charge in [-0.05, 0) is 84.7 Å². The van der Waals surface area contributed by atoms with Crippen molar-refractivity contribution in [2.45, 2.75) is 148 Å². The molecule has 4 aliphatic heterocycles. The van der Waals surface area contributed by atoms with Crippen molar-refractivity contribution in [2.24, 2.45) is 23.7 Å². The summed E-state index contributed by atoms with van der Waals surface area (Å²) in [7, 11) is 3.46. The number of halogens is 1. The molecule has 15 nitrogen and oxygen atoms in total. The summed E-state index contributed by atoms with van der Waals surface area (Å²) in [5, 5.41) is 12.4. The monoisotopic (exact) mass is 879 g/mol. The lowest BCUT2D eigenvalue weighted by atomic mass is 9.73. The molecule has 61 heavy (non-hydrogen) atoms. The number of rotatable bonds is 10. The van der Waals surface area contributed by atoms with E-state index in [1.165, 1.54) is 12.0 Å². The Hall–Kier alpha value is -3.05. The van der Waals surface area contributed by atoms with Gasteiger partial charge in [0.05, 0.1) is 43.0 Å². The molecule has 14 atom stereocenters. The average Bonchev–Trinajstić information content (AvgIpc) is 3.51. The number of likely N-dealkylation sites (N-methyl/N-ethyl adjacent to an activating group) is 1. The van der Waals surface area contributed by atoms with E-state index in [4.69, 9.17) is 44.8 Å². The van der Waals surface area contributed by atoms with Crippen LogP contribution in [0.25, 0.3) is 0 Å². The number of Topliss-reactive ketones (excluding diaryl/α,β-unsaturated/α-hetero) is 1. The van der Waals surface area contributed by atoms with Crippen LogP contribution in [0.1, 0.15) is 87.1 Å². The molecule has 0 radical (unpaired) electrons. The van der Waals surface area contributed by atoms with Gasteiger partial charge in [-0.3, -0.25) is 14.5 Å². The average molecular weight is 881 g/mol. The second-order valence-corrected chi connectivity index (χ2v) is 18.5. The van der Waals surface area contributed by atoms with Crippen molar-refractivity contribution in [1.82, 2.24) is 14.7 Å². The standard InChI is InChI=1S/C45H70ClN3O12/c1-12-34-45(9)38(49(43(54)61-45)19-18-31-14-16-32(46)17-15-31)28(5)35(50)26(3)25-44(8,55-11)39(60-41-36(51)33(47(10)13-2)24-27(4)57-41)29(6)37(30(7)40(52)58-34)59-42(53)48-20-22-56-23-21-48/h14-17,26-30,33-34,36-39,41,51H,12-13,18-25H2,1-11H3/t26-,27-,28-,29+,30-,33+,34+,36-,37-,38-,39-,41+,44+,45-/m1/s1. The van der Waals surface area contributed by atoms with Crippen LogP contribution in [-0.2, 0) is 49.2 Å². The number of fused-ring (bicyclic) bond motifs is 1. The van der Waals surface area contributed by atoms with Crippen molar-refractivity contribution in [2.75, 3.05) is 53.6 Å². The maximum atomic E-state index is 14.9. The fraction of sp³-hybridized carbons (Fsp3) is 0.778. The van der Waals surface area contributed by atoms with Gasteiger partial charge in [0, 0.05) is 55.6 Å². The lowest BCUT2D eigenvalue weighted by molar-refractivity contribution is -0.302. The number of carbonyl (C=O) groups is 4. The molecule has 1 aromatic carbocycles. The minimum Gasteiger partial charge on any atom is -0.458 e. The molecule has 0 bridgehead atoms. The van der Waals surface area contributed by atoms with Crippen LogP contribution in [0.4, 0.5) is 9.59 Å². The number of methoxy groups -OCH3 is 1. The van der Waals surface area contributed by atoms with Gasteiger partial charge in [0.25, 0.3) is 0 Å². The second kappa shape index (κ2) is 20.6. The Labute approximate surface area is 366 Å². The fourth-order valence-corrected chi connectivity index (χ4v) is 10.2. The molecule has 16 heteroatoms. The zero-order valence-electron chi connectivity index (χ0n) is 38.0. The molecule has 0 spiro atoms. The third kappa shape index (κ3) is 10.7. The van der Waals surface area contributed by atoms with Gasteiger partial charge < -0.3 is 48.1 Å². The van der Waals surface area contributed by atoms with Gasteiger partial charge in [-0.15, -0.1) is 0 Å². The lowest BCUT2D eigenvalue weighted by Gasteiger charge is -2.48. The molecule has 0 unspecified atom stereocenters. The molecule has 0 saturated carbocycles. The number of hydrogen-bond donors (Lipinski definition) is 1. The van der Waals surface area contributed by atoms with Crippen molar-refractivity contribution in [3.63, 3.8) is 0 Å². The lowest BCUT2D eigenvalue weighted by Crippen LogP contribution is -2.61. The Bertz CT molecular complexity index is 1660. The maximum absolute atomic E-state index is 14.9. The number of hydrogen-bond acceptors (Lipinski definition) is 13. The van der Waals surface area contributed by atoms with E-state index >= 15 is 0 Å². The molecule has 4 saturated heterocycles. The van der Waals surface area contributed by atoms with E-state index in [2.05, 4.69) is 0 Å². The summed E-state index contributed by atoms with van der Waals surface area (Å²) in [6.45, 7) is 18.6. The summed E-state index contributed by atoms with van der Waals surface area (Å²) in [6, 6.07) is 6.23. The number of morpholine rings is 1. The zero-order chi connectivity index (χ0) is 45.0. The van der Waals surface area contributed by atoms with Crippen molar-refractivity contribution in [1.29, 1.82) is 0 Å². The molecule has 344 valence electrons. The van der Waals surface area contributed by atoms with Crippen LogP contribution in [-0.4, -0.2) is 157 Å². The highest BCUT2D eigenvalue weighted by molar-refractivity contribution is 6.30. The van der Waals surface area contributed by atoms with Crippen LogP contribution in [0, 0.1) is 23.7 Å². The van der Waals surface area contributed by atoms with Crippen LogP contribution in [0.15, 0.2) is 24.3 Å². The number of esters is 1. The SMILES string of the molecule is CC[C@@H]1OC(=O)[C@H](C)[C@H](OC(=O)N2CCOCC2)[C@H](C)[C@@H](O[C@@H]2O[C@H](C)C[C@H](N(C)CC)[C@H]2O)[C@@](C)(OC)C[C@@H](C)C(=O)[C@@H](C)[C@H]2N(CCc3ccc(Cl)cc3)C(=O)O[C@]12C. The highest BCUT2D eigenvalue weighted by Crippen LogP contribution is 2.44. The van der Waals surface area contributed by atoms with Crippen molar-refractivity contribution in [3.05, 3.63) is 34.9 Å². The van der Waals surface area contributed by atoms with E-state index in [0.29, 0.717) is 50.7 Å². The molecule has 4 heterocycles. The number of carbonyl (C=O) groups excluding carboxylic acids is 4. The van der Waals surface area contributed by atoms with Gasteiger partial charge in [-0.25, -0.2) is 9.59 Å². The number of ketones is 1. The molecular formula is C45H70ClN3O12. The summed E-state index contributed by atoms with van der Waals surface area (Å²) in [5.41, 5.74) is -1.78. The first-order valence-electron chi connectivity index (χ1n) is 22.1. The predicted molar refractivity (Wildman–Crippen MR) is 227 cm³/mol. The first kappa shape index (κ1) is 49.0. The van der Waals surface area contributed by atoms with E-state index in [0.717, 1.165) is 5.56 Å². The molecule has 4 aliphatic rings. The number of nitrogens with zero attached hydrogens (tertiary/aromatic N) is 3. The largest absolute Gasteiger partial charge is 0.458 e. The van der Waals surface area contributed by atoms with Gasteiger partial charge in [-0.2, -0.15) is 0 Å². The summed E-state index contributed by atoms with van der Waals surface area (Å²) in [4.78, 5) is 62.7. The Morgan fingerprint density at radius 3 is 2.28 bits per heavy atom. The smallest absolute Gasteiger partial charge is 0.410 e. The fourth-order valence-electron chi connectivity index (χ4n) is 10.1. The summed E-state index contributed by atoms with van der Waals surface area (Å²) in [6.07, 6.45) is -5.48. The van der Waals surface area contributed by atoms with Crippen LogP contribution in [0.2, 0.25) is 5.02 Å². The normalized spacial score (nSPS) is 38.1. The van der Waals surface area contributed by atoms with E-state index in [1.807, 2.05) is 65.6 Å². The summed E-state index contributed by atoms with van der Waals surface area (Å²) >= 11 is 6.15. The summed E-state index contributed by atoms with van der Waals surface area (Å²) in [5.74, 6) is -4.16. The van der Waals surface area contributed by atoms with E-state index in [-0.39, 0.29) is 37.3 Å². The molecule has 0 aromatic heterocycles. The van der Waals surface area contributed by atoms with Gasteiger partial charge in [0.2, 0.25) is 0 Å². The number of amides is 2. The Morgan fingerprint density at radius 1 is 1.02 bits per heavy atom. The summed E-state index contributed by atoms with van der Waals surface area (Å²) < 4.78 is 44.0. The molecule has 0 aliphatic carbocycles. The Balaban J connectivity index is 1.60. The van der Waals surface area contributed by atoms with Crippen molar-refractivity contribution in [3.8, 4) is 0 Å². The molecule has 4 fully saturated rings. The van der Waals surface area contributed by atoms with Crippen LogP contribution in [0.5, 0.6) is 0 Å². The van der Waals surface area contributed by atoms with E-state index in [9.17, 15) is 24.3 Å². The van der Waals surface area contributed by atoms with Crippen LogP contribution < -0.4 is 0 Å². The topological polar surface area (TPSA) is 163 Å². The zero-order valence-corrected chi connectivity index (χ0v) is 38.7. The molecule has 1 N–H and O–H groups in total. The Kier molecular flexibility index (Phi) is 16.6. The highest BCUT2D eigenvalue weighted by Gasteiger charge is 2.60. The quantitative estimate of drug-likeness (QED) is 0.224. The Morgan fingerprint density at radius 2 is 1.67 bits per heavy atom.